The van der Waals surface area contributed by atoms with Crippen LogP contribution in [0.3, 0.4) is 0 Å². The molecule has 1 saturated carbocycles. The quantitative estimate of drug-likeness (QED) is 0.843. The zero-order chi connectivity index (χ0) is 11.4. The van der Waals surface area contributed by atoms with E-state index in [1.807, 2.05) is 12.1 Å². The van der Waals surface area contributed by atoms with Gasteiger partial charge in [-0.1, -0.05) is 36.7 Å². The van der Waals surface area contributed by atoms with Crippen LogP contribution >= 0.6 is 11.6 Å². The molecule has 1 aliphatic carbocycles. The predicted octanol–water partition coefficient (Wildman–Crippen LogP) is 3.66. The molecule has 2 heteroatoms. The zero-order valence-corrected chi connectivity index (χ0v) is 10.6. The van der Waals surface area contributed by atoms with Gasteiger partial charge in [-0.05, 0) is 49.8 Å². The fourth-order valence-electron chi connectivity index (χ4n) is 2.50. The Kier molecular flexibility index (Phi) is 4.25. The number of rotatable bonds is 4. The molecule has 1 nitrogen and oxygen atoms in total. The van der Waals surface area contributed by atoms with E-state index in [2.05, 4.69) is 24.4 Å². The summed E-state index contributed by atoms with van der Waals surface area (Å²) in [6, 6.07) is 8.85. The minimum atomic E-state index is 0.734. The molecule has 0 heterocycles. The van der Waals surface area contributed by atoms with E-state index < -0.39 is 0 Å². The number of hydrogen-bond donors (Lipinski definition) is 1. The molecule has 1 N–H and O–H groups in total. The number of benzene rings is 1. The lowest BCUT2D eigenvalue weighted by Crippen LogP contribution is -2.28. The molecule has 2 unspecified atom stereocenters. The van der Waals surface area contributed by atoms with Crippen molar-refractivity contribution in [3.05, 3.63) is 34.9 Å². The Morgan fingerprint density at radius 3 is 2.81 bits per heavy atom. The topological polar surface area (TPSA) is 12.0 Å². The molecule has 0 aliphatic heterocycles. The largest absolute Gasteiger partial charge is 0.314 e. The van der Waals surface area contributed by atoms with Crippen molar-refractivity contribution in [2.75, 3.05) is 6.54 Å². The van der Waals surface area contributed by atoms with Crippen LogP contribution in [0.25, 0.3) is 0 Å². The van der Waals surface area contributed by atoms with Crippen molar-refractivity contribution < 1.29 is 0 Å². The van der Waals surface area contributed by atoms with Crippen molar-refractivity contribution in [3.8, 4) is 0 Å². The van der Waals surface area contributed by atoms with E-state index in [1.54, 1.807) is 0 Å². The molecule has 1 aromatic carbocycles. The van der Waals surface area contributed by atoms with Crippen LogP contribution in [0.2, 0.25) is 5.02 Å². The molecule has 1 fully saturated rings. The molecule has 16 heavy (non-hydrogen) atoms. The maximum atomic E-state index is 6.12. The monoisotopic (exact) mass is 237 g/mol. The first-order valence-electron chi connectivity index (χ1n) is 6.22. The Hall–Kier alpha value is -0.530. The van der Waals surface area contributed by atoms with E-state index in [1.165, 1.54) is 24.8 Å². The molecule has 0 bridgehead atoms. The van der Waals surface area contributed by atoms with Crippen LogP contribution in [0, 0.1) is 5.92 Å². The van der Waals surface area contributed by atoms with Gasteiger partial charge in [-0.15, -0.1) is 0 Å². The highest BCUT2D eigenvalue weighted by Gasteiger charge is 2.20. The van der Waals surface area contributed by atoms with E-state index in [-0.39, 0.29) is 0 Å². The molecule has 0 radical (unpaired) electrons. The first-order chi connectivity index (χ1) is 7.75. The van der Waals surface area contributed by atoms with Gasteiger partial charge in [0.2, 0.25) is 0 Å². The average molecular weight is 238 g/mol. The van der Waals surface area contributed by atoms with Gasteiger partial charge in [0, 0.05) is 11.1 Å². The van der Waals surface area contributed by atoms with Crippen LogP contribution < -0.4 is 5.32 Å². The molecule has 0 amide bonds. The third kappa shape index (κ3) is 3.23. The molecule has 88 valence electrons. The Balaban J connectivity index is 1.74. The summed E-state index contributed by atoms with van der Waals surface area (Å²) in [5.41, 5.74) is 1.25. The minimum absolute atomic E-state index is 0.734. The maximum absolute atomic E-state index is 6.12. The van der Waals surface area contributed by atoms with Crippen molar-refractivity contribution in [2.45, 2.75) is 38.6 Å². The molecule has 0 aromatic heterocycles. The van der Waals surface area contributed by atoms with Crippen molar-refractivity contribution in [2.24, 2.45) is 5.92 Å². The van der Waals surface area contributed by atoms with Crippen LogP contribution in [-0.2, 0) is 6.42 Å². The molecule has 0 saturated heterocycles. The van der Waals surface area contributed by atoms with Crippen LogP contribution in [0.4, 0.5) is 0 Å². The summed E-state index contributed by atoms with van der Waals surface area (Å²) in [5.74, 6) is 0.901. The van der Waals surface area contributed by atoms with E-state index in [4.69, 9.17) is 11.6 Å². The third-order valence-electron chi connectivity index (χ3n) is 3.48. The summed E-state index contributed by atoms with van der Waals surface area (Å²) >= 11 is 6.12. The number of nitrogens with one attached hydrogen (secondary N) is 1. The van der Waals surface area contributed by atoms with E-state index in [0.29, 0.717) is 0 Å². The smallest absolute Gasteiger partial charge is 0.0438 e. The van der Waals surface area contributed by atoms with Gasteiger partial charge in [0.15, 0.2) is 0 Å². The van der Waals surface area contributed by atoms with Gasteiger partial charge in [-0.3, -0.25) is 0 Å². The fraction of sp³-hybridized carbons (Fsp3) is 0.571. The summed E-state index contributed by atoms with van der Waals surface area (Å²) in [5, 5.41) is 4.52. The fourth-order valence-corrected chi connectivity index (χ4v) is 2.73. The lowest BCUT2D eigenvalue weighted by molar-refractivity contribution is 0.506. The molecular formula is C14H20ClN. The van der Waals surface area contributed by atoms with Gasteiger partial charge in [0.1, 0.15) is 0 Å². The molecular weight excluding hydrogens is 218 g/mol. The average Bonchev–Trinajstić information content (AvgIpc) is 2.67. The Morgan fingerprint density at radius 2 is 2.12 bits per heavy atom. The lowest BCUT2D eigenvalue weighted by atomic mass is 10.1. The van der Waals surface area contributed by atoms with Gasteiger partial charge in [0.25, 0.3) is 0 Å². The van der Waals surface area contributed by atoms with Crippen LogP contribution in [0.1, 0.15) is 31.7 Å². The molecule has 2 rings (SSSR count). The highest BCUT2D eigenvalue weighted by Crippen LogP contribution is 2.24. The van der Waals surface area contributed by atoms with Gasteiger partial charge >= 0.3 is 0 Å². The number of hydrogen-bond acceptors (Lipinski definition) is 1. The first kappa shape index (κ1) is 11.9. The summed E-state index contributed by atoms with van der Waals surface area (Å²) in [6.07, 6.45) is 5.08. The highest BCUT2D eigenvalue weighted by atomic mass is 35.5. The predicted molar refractivity (Wildman–Crippen MR) is 70.0 cm³/mol. The van der Waals surface area contributed by atoms with Crippen molar-refractivity contribution >= 4 is 11.6 Å². The summed E-state index contributed by atoms with van der Waals surface area (Å²) < 4.78 is 0. The molecule has 0 spiro atoms. The SMILES string of the molecule is CC1CCC(NCCc2ccccc2Cl)C1. The second-order valence-electron chi connectivity index (χ2n) is 4.91. The van der Waals surface area contributed by atoms with Crippen LogP contribution in [0.5, 0.6) is 0 Å². The second kappa shape index (κ2) is 5.70. The lowest BCUT2D eigenvalue weighted by Gasteiger charge is -2.12. The van der Waals surface area contributed by atoms with Gasteiger partial charge in [-0.2, -0.15) is 0 Å². The van der Waals surface area contributed by atoms with Gasteiger partial charge < -0.3 is 5.32 Å². The van der Waals surface area contributed by atoms with Crippen molar-refractivity contribution in [1.82, 2.24) is 5.32 Å². The summed E-state index contributed by atoms with van der Waals surface area (Å²) in [4.78, 5) is 0. The van der Waals surface area contributed by atoms with Crippen molar-refractivity contribution in [3.63, 3.8) is 0 Å². The molecule has 1 aliphatic rings. The minimum Gasteiger partial charge on any atom is -0.314 e. The Labute approximate surface area is 103 Å². The third-order valence-corrected chi connectivity index (χ3v) is 3.85. The standard InChI is InChI=1S/C14H20ClN/c1-11-6-7-13(10-11)16-9-8-12-4-2-3-5-14(12)15/h2-5,11,13,16H,6-10H2,1H3. The maximum Gasteiger partial charge on any atom is 0.0438 e. The first-order valence-corrected chi connectivity index (χ1v) is 6.60. The van der Waals surface area contributed by atoms with E-state index in [9.17, 15) is 0 Å². The summed E-state index contributed by atoms with van der Waals surface area (Å²) in [6.45, 7) is 3.39. The van der Waals surface area contributed by atoms with Crippen LogP contribution in [-0.4, -0.2) is 12.6 Å². The normalized spacial score (nSPS) is 24.9. The van der Waals surface area contributed by atoms with Crippen molar-refractivity contribution in [1.29, 1.82) is 0 Å². The van der Waals surface area contributed by atoms with Gasteiger partial charge in [-0.25, -0.2) is 0 Å². The van der Waals surface area contributed by atoms with E-state index in [0.717, 1.165) is 29.9 Å². The van der Waals surface area contributed by atoms with Crippen LogP contribution in [0.15, 0.2) is 24.3 Å². The Morgan fingerprint density at radius 1 is 1.31 bits per heavy atom. The van der Waals surface area contributed by atoms with E-state index >= 15 is 0 Å². The second-order valence-corrected chi connectivity index (χ2v) is 5.32. The highest BCUT2D eigenvalue weighted by molar-refractivity contribution is 6.31. The number of halogens is 1. The zero-order valence-electron chi connectivity index (χ0n) is 9.88. The van der Waals surface area contributed by atoms with Gasteiger partial charge in [0.05, 0.1) is 0 Å². The summed E-state index contributed by atoms with van der Waals surface area (Å²) in [7, 11) is 0. The molecule has 2 atom stereocenters. The Bertz CT molecular complexity index is 337. The molecule has 1 aromatic rings.